The Kier molecular flexibility index (Phi) is 12.9. The summed E-state index contributed by atoms with van der Waals surface area (Å²) in [6.07, 6.45) is 9.28. The maximum Gasteiger partial charge on any atom is 0.223 e. The topological polar surface area (TPSA) is 78.5 Å². The van der Waals surface area contributed by atoms with E-state index in [2.05, 4.69) is 23.9 Å². The number of amides is 1. The minimum Gasteiger partial charge on any atom is -0.356 e. The summed E-state index contributed by atoms with van der Waals surface area (Å²) in [5.74, 6) is 1.30. The Bertz CT molecular complexity index is 531. The lowest BCUT2D eigenvalue weighted by Gasteiger charge is -2.31. The van der Waals surface area contributed by atoms with Crippen LogP contribution in [0, 0.1) is 11.8 Å². The SMILES string of the molecule is CC(C)/C=C/NS(=O)CCCCCCNC(=O)C1CCN(S(=O)C(C)C)CC1. The van der Waals surface area contributed by atoms with Crippen LogP contribution in [-0.4, -0.2) is 49.3 Å². The zero-order valence-electron chi connectivity index (χ0n) is 17.9. The van der Waals surface area contributed by atoms with E-state index in [4.69, 9.17) is 0 Å². The summed E-state index contributed by atoms with van der Waals surface area (Å²) in [7, 11) is -1.93. The molecule has 0 spiro atoms. The molecule has 2 N–H and O–H groups in total. The summed E-state index contributed by atoms with van der Waals surface area (Å²) in [6.45, 7) is 10.3. The summed E-state index contributed by atoms with van der Waals surface area (Å²) >= 11 is 0. The molecule has 164 valence electrons. The summed E-state index contributed by atoms with van der Waals surface area (Å²) in [6, 6.07) is 0. The molecule has 0 aromatic carbocycles. The van der Waals surface area contributed by atoms with Crippen molar-refractivity contribution in [3.05, 3.63) is 12.3 Å². The van der Waals surface area contributed by atoms with Gasteiger partial charge in [-0.2, -0.15) is 0 Å². The van der Waals surface area contributed by atoms with Crippen LogP contribution in [0.3, 0.4) is 0 Å². The van der Waals surface area contributed by atoms with Gasteiger partial charge in [-0.05, 0) is 45.4 Å². The van der Waals surface area contributed by atoms with E-state index in [0.29, 0.717) is 18.2 Å². The molecule has 0 aromatic rings. The second kappa shape index (κ2) is 14.3. The van der Waals surface area contributed by atoms with Crippen molar-refractivity contribution in [1.29, 1.82) is 0 Å². The molecule has 0 radical (unpaired) electrons. The molecule has 0 saturated carbocycles. The van der Waals surface area contributed by atoms with Crippen LogP contribution in [0.1, 0.15) is 66.2 Å². The second-order valence-corrected chi connectivity index (χ2v) is 11.4. The van der Waals surface area contributed by atoms with Gasteiger partial charge in [0.2, 0.25) is 5.91 Å². The third-order valence-electron chi connectivity index (χ3n) is 4.72. The van der Waals surface area contributed by atoms with E-state index in [-0.39, 0.29) is 17.1 Å². The van der Waals surface area contributed by atoms with E-state index in [1.807, 2.05) is 24.2 Å². The van der Waals surface area contributed by atoms with Crippen molar-refractivity contribution in [2.45, 2.75) is 71.5 Å². The van der Waals surface area contributed by atoms with Gasteiger partial charge in [0.05, 0.1) is 11.0 Å². The van der Waals surface area contributed by atoms with Gasteiger partial charge in [-0.3, -0.25) is 4.79 Å². The van der Waals surface area contributed by atoms with Crippen LogP contribution >= 0.6 is 0 Å². The van der Waals surface area contributed by atoms with Crippen LogP contribution in [0.5, 0.6) is 0 Å². The molecule has 1 saturated heterocycles. The number of unbranched alkanes of at least 4 members (excludes halogenated alkanes) is 3. The number of carbonyl (C=O) groups is 1. The van der Waals surface area contributed by atoms with Crippen molar-refractivity contribution in [3.8, 4) is 0 Å². The van der Waals surface area contributed by atoms with Gasteiger partial charge >= 0.3 is 0 Å². The van der Waals surface area contributed by atoms with E-state index in [0.717, 1.165) is 51.6 Å². The minimum absolute atomic E-state index is 0.0489. The third kappa shape index (κ3) is 10.7. The predicted molar refractivity (Wildman–Crippen MR) is 119 cm³/mol. The van der Waals surface area contributed by atoms with Gasteiger partial charge in [-0.25, -0.2) is 12.7 Å². The molecule has 2 unspecified atom stereocenters. The molecular formula is C20H39N3O3S2. The lowest BCUT2D eigenvalue weighted by molar-refractivity contribution is -0.126. The fourth-order valence-corrected chi connectivity index (χ4v) is 5.01. The number of nitrogens with zero attached hydrogens (tertiary/aromatic N) is 1. The standard InChI is InChI=1S/C20H39N3O3S2/c1-17(2)9-13-22-27(25)16-8-6-5-7-12-21-20(24)19-10-14-23(15-11-19)28(26)18(3)4/h9,13,17-19,22H,5-8,10-12,14-16H2,1-4H3,(H,21,24)/b13-9+. The Morgan fingerprint density at radius 3 is 2.32 bits per heavy atom. The lowest BCUT2D eigenvalue weighted by atomic mass is 9.97. The first-order chi connectivity index (χ1) is 13.3. The highest BCUT2D eigenvalue weighted by molar-refractivity contribution is 7.83. The number of allylic oxidation sites excluding steroid dienone is 1. The Morgan fingerprint density at radius 1 is 1.07 bits per heavy atom. The maximum absolute atomic E-state index is 12.3. The van der Waals surface area contributed by atoms with E-state index in [9.17, 15) is 13.2 Å². The number of carbonyl (C=O) groups excluding carboxylic acids is 1. The number of rotatable bonds is 13. The van der Waals surface area contributed by atoms with Crippen LogP contribution in [-0.2, 0) is 26.8 Å². The first kappa shape index (κ1) is 25.3. The van der Waals surface area contributed by atoms with Crippen LogP contribution in [0.25, 0.3) is 0 Å². The van der Waals surface area contributed by atoms with E-state index in [1.165, 1.54) is 0 Å². The summed E-state index contributed by atoms with van der Waals surface area (Å²) < 4.78 is 28.7. The largest absolute Gasteiger partial charge is 0.356 e. The van der Waals surface area contributed by atoms with Crippen LogP contribution in [0.15, 0.2) is 12.3 Å². The maximum atomic E-state index is 12.3. The van der Waals surface area contributed by atoms with Crippen molar-refractivity contribution < 1.29 is 13.2 Å². The molecule has 28 heavy (non-hydrogen) atoms. The predicted octanol–water partition coefficient (Wildman–Crippen LogP) is 2.87. The smallest absolute Gasteiger partial charge is 0.223 e. The quantitative estimate of drug-likeness (QED) is 0.438. The Morgan fingerprint density at radius 2 is 1.71 bits per heavy atom. The highest BCUT2D eigenvalue weighted by Gasteiger charge is 2.27. The molecule has 8 heteroatoms. The van der Waals surface area contributed by atoms with Crippen LogP contribution in [0.4, 0.5) is 0 Å². The molecule has 0 bridgehead atoms. The van der Waals surface area contributed by atoms with Gasteiger partial charge < -0.3 is 10.0 Å². The van der Waals surface area contributed by atoms with Gasteiger partial charge in [0.1, 0.15) is 11.0 Å². The summed E-state index contributed by atoms with van der Waals surface area (Å²) in [4.78, 5) is 12.3. The van der Waals surface area contributed by atoms with E-state index < -0.39 is 22.0 Å². The molecule has 1 amide bonds. The number of piperidine rings is 1. The fraction of sp³-hybridized carbons (Fsp3) is 0.850. The zero-order chi connectivity index (χ0) is 20.9. The molecular weight excluding hydrogens is 394 g/mol. The van der Waals surface area contributed by atoms with Gasteiger partial charge in [0.15, 0.2) is 0 Å². The average Bonchev–Trinajstić information content (AvgIpc) is 2.66. The Labute approximate surface area is 176 Å². The van der Waals surface area contributed by atoms with Crippen LogP contribution in [0.2, 0.25) is 0 Å². The third-order valence-corrected chi connectivity index (χ3v) is 7.46. The van der Waals surface area contributed by atoms with Gasteiger partial charge in [0, 0.05) is 42.8 Å². The average molecular weight is 434 g/mol. The highest BCUT2D eigenvalue weighted by atomic mass is 32.2. The monoisotopic (exact) mass is 433 g/mol. The highest BCUT2D eigenvalue weighted by Crippen LogP contribution is 2.19. The number of hydrogen-bond donors (Lipinski definition) is 2. The van der Waals surface area contributed by atoms with Crippen molar-refractivity contribution >= 4 is 27.9 Å². The summed E-state index contributed by atoms with van der Waals surface area (Å²) in [5, 5.41) is 3.18. The van der Waals surface area contributed by atoms with Crippen molar-refractivity contribution in [2.24, 2.45) is 11.8 Å². The first-order valence-electron chi connectivity index (χ1n) is 10.6. The number of hydrogen-bond acceptors (Lipinski definition) is 3. The second-order valence-electron chi connectivity index (χ2n) is 8.00. The van der Waals surface area contributed by atoms with Crippen molar-refractivity contribution in [1.82, 2.24) is 14.3 Å². The van der Waals surface area contributed by atoms with Crippen LogP contribution < -0.4 is 10.0 Å². The molecule has 1 aliphatic heterocycles. The van der Waals surface area contributed by atoms with Crippen molar-refractivity contribution in [2.75, 3.05) is 25.4 Å². The molecule has 1 heterocycles. The van der Waals surface area contributed by atoms with E-state index >= 15 is 0 Å². The normalized spacial score (nSPS) is 18.6. The Balaban J connectivity index is 2.04. The molecule has 0 aliphatic carbocycles. The molecule has 6 nitrogen and oxygen atoms in total. The molecule has 1 fully saturated rings. The fourth-order valence-electron chi connectivity index (χ4n) is 3.03. The lowest BCUT2D eigenvalue weighted by Crippen LogP contribution is -2.42. The van der Waals surface area contributed by atoms with Gasteiger partial charge in [-0.1, -0.05) is 32.8 Å². The molecule has 1 rings (SSSR count). The van der Waals surface area contributed by atoms with Crippen molar-refractivity contribution in [3.63, 3.8) is 0 Å². The van der Waals surface area contributed by atoms with Gasteiger partial charge in [-0.15, -0.1) is 0 Å². The van der Waals surface area contributed by atoms with E-state index in [1.54, 1.807) is 6.20 Å². The van der Waals surface area contributed by atoms with Gasteiger partial charge in [0.25, 0.3) is 0 Å². The first-order valence-corrected chi connectivity index (χ1v) is 13.0. The summed E-state index contributed by atoms with van der Waals surface area (Å²) in [5.41, 5.74) is 0. The Hall–Kier alpha value is -0.730. The molecule has 2 atom stereocenters. The molecule has 0 aromatic heterocycles. The zero-order valence-corrected chi connectivity index (χ0v) is 19.6. The molecule has 1 aliphatic rings. The minimum atomic E-state index is -0.996. The number of nitrogens with one attached hydrogen (secondary N) is 2.